The Hall–Kier alpha value is -2.12. The molecular formula is C19H19Cl2NO4S. The first kappa shape index (κ1) is 22.9. The summed E-state index contributed by atoms with van der Waals surface area (Å²) in [5.74, 6) is 0.502. The van der Waals surface area contributed by atoms with Crippen LogP contribution in [-0.4, -0.2) is 35.6 Å². The van der Waals surface area contributed by atoms with Gasteiger partial charge in [-0.2, -0.15) is 0 Å². The summed E-state index contributed by atoms with van der Waals surface area (Å²) >= 11 is 17.5. The first-order valence-corrected chi connectivity index (χ1v) is 8.91. The topological polar surface area (TPSA) is 92.8 Å². The average molecular weight is 428 g/mol. The first-order valence-electron chi connectivity index (χ1n) is 7.68. The molecule has 0 aliphatic carbocycles. The van der Waals surface area contributed by atoms with E-state index in [4.69, 9.17) is 51.0 Å². The Morgan fingerprint density at radius 1 is 1.22 bits per heavy atom. The number of halogens is 2. The summed E-state index contributed by atoms with van der Waals surface area (Å²) in [4.78, 5) is 10.4. The number of rotatable bonds is 7. The third-order valence-corrected chi connectivity index (χ3v) is 4.42. The van der Waals surface area contributed by atoms with Gasteiger partial charge in [0.05, 0.1) is 0 Å². The molecule has 2 rings (SSSR count). The van der Waals surface area contributed by atoms with Crippen molar-refractivity contribution in [1.82, 2.24) is 0 Å². The zero-order valence-corrected chi connectivity index (χ0v) is 16.8. The zero-order chi connectivity index (χ0) is 20.4. The van der Waals surface area contributed by atoms with Gasteiger partial charge in [-0.15, -0.1) is 0 Å². The minimum Gasteiger partial charge on any atom is -0.507 e. The van der Waals surface area contributed by atoms with E-state index in [1.54, 1.807) is 30.3 Å². The second-order valence-corrected chi connectivity index (χ2v) is 6.16. The van der Waals surface area contributed by atoms with Crippen molar-refractivity contribution < 1.29 is 19.7 Å². The summed E-state index contributed by atoms with van der Waals surface area (Å²) in [7, 11) is 1.00. The Morgan fingerprint density at radius 2 is 1.85 bits per heavy atom. The lowest BCUT2D eigenvalue weighted by Crippen LogP contribution is -1.99. The van der Waals surface area contributed by atoms with Gasteiger partial charge in [0.15, 0.2) is 6.29 Å². The molecule has 0 saturated heterocycles. The van der Waals surface area contributed by atoms with Crippen LogP contribution in [0.3, 0.4) is 0 Å². The maximum Gasteiger partial charge on any atom is 0.157 e. The van der Waals surface area contributed by atoms with Gasteiger partial charge in [-0.05, 0) is 35.4 Å². The highest BCUT2D eigenvalue weighted by Crippen LogP contribution is 2.33. The van der Waals surface area contributed by atoms with Crippen LogP contribution in [0.1, 0.15) is 16.7 Å². The summed E-state index contributed by atoms with van der Waals surface area (Å²) in [5, 5.41) is 19.2. The number of carbonyl (C=O) groups is 1. The number of aliphatic hydroxyl groups excluding tert-OH is 1. The number of aliphatic hydroxyl groups is 1. The molecule has 0 radical (unpaired) electrons. The van der Waals surface area contributed by atoms with Crippen molar-refractivity contribution >= 4 is 52.6 Å². The van der Waals surface area contributed by atoms with Gasteiger partial charge < -0.3 is 20.7 Å². The summed E-state index contributed by atoms with van der Waals surface area (Å²) in [6.45, 7) is -0.0703. The number of benzene rings is 2. The number of hydrogen-bond donors (Lipinski definition) is 3. The van der Waals surface area contributed by atoms with Gasteiger partial charge in [-0.1, -0.05) is 41.5 Å². The highest BCUT2D eigenvalue weighted by Gasteiger charge is 2.12. The van der Waals surface area contributed by atoms with Crippen LogP contribution in [0.5, 0.6) is 11.5 Å². The fourth-order valence-corrected chi connectivity index (χ4v) is 3.09. The highest BCUT2D eigenvalue weighted by molar-refractivity contribution is 7.79. The molecule has 0 saturated carbocycles. The standard InChI is InChI=1S/C18H15Cl2NO3S.CH4O/c19-16-7-13(24-4-3-22)8-17(20)15(16)6-11-1-2-18(23)14(5-11)12(9-21)10-25;1-2/h1-3,5,7-10,23H,4,6,21H2;2H,1H3/b12-9+;. The predicted molar refractivity (Wildman–Crippen MR) is 113 cm³/mol. The van der Waals surface area contributed by atoms with Gasteiger partial charge in [-0.25, -0.2) is 0 Å². The Balaban J connectivity index is 0.00000176. The van der Waals surface area contributed by atoms with Crippen molar-refractivity contribution in [3.05, 3.63) is 63.3 Å². The monoisotopic (exact) mass is 427 g/mol. The van der Waals surface area contributed by atoms with E-state index in [9.17, 15) is 9.90 Å². The molecule has 144 valence electrons. The molecule has 4 N–H and O–H groups in total. The summed E-state index contributed by atoms with van der Waals surface area (Å²) in [6.07, 6.45) is 2.42. The van der Waals surface area contributed by atoms with Gasteiger partial charge in [0.25, 0.3) is 0 Å². The van der Waals surface area contributed by atoms with E-state index in [2.05, 4.69) is 0 Å². The maximum atomic E-state index is 10.4. The smallest absolute Gasteiger partial charge is 0.157 e. The van der Waals surface area contributed by atoms with Crippen molar-refractivity contribution in [2.24, 2.45) is 5.73 Å². The number of allylic oxidation sites excluding steroid dienone is 1. The Kier molecular flexibility index (Phi) is 9.82. The quantitative estimate of drug-likeness (QED) is 0.353. The van der Waals surface area contributed by atoms with Crippen LogP contribution in [0.2, 0.25) is 10.0 Å². The van der Waals surface area contributed by atoms with Gasteiger partial charge in [-0.3, -0.25) is 4.79 Å². The molecule has 0 spiro atoms. The van der Waals surface area contributed by atoms with E-state index < -0.39 is 0 Å². The number of nitrogens with two attached hydrogens (primary N) is 1. The molecule has 0 aliphatic heterocycles. The number of hydrogen-bond acceptors (Lipinski definition) is 6. The SMILES string of the molecule is CO.N/C=C(\C=S)c1cc(Cc2c(Cl)cc(OCC=O)cc2Cl)ccc1O. The maximum absolute atomic E-state index is 10.4. The third-order valence-electron chi connectivity index (χ3n) is 3.49. The molecule has 0 amide bonds. The Morgan fingerprint density at radius 3 is 2.37 bits per heavy atom. The van der Waals surface area contributed by atoms with Gasteiger partial charge in [0.2, 0.25) is 0 Å². The summed E-state index contributed by atoms with van der Waals surface area (Å²) in [5.41, 5.74) is 8.20. The van der Waals surface area contributed by atoms with Crippen LogP contribution < -0.4 is 10.5 Å². The number of carbonyl (C=O) groups excluding carboxylic acids is 1. The van der Waals surface area contributed by atoms with E-state index >= 15 is 0 Å². The first-order chi connectivity index (χ1) is 13.0. The van der Waals surface area contributed by atoms with Crippen molar-refractivity contribution in [3.63, 3.8) is 0 Å². The molecule has 0 aromatic heterocycles. The second-order valence-electron chi connectivity index (χ2n) is 5.11. The van der Waals surface area contributed by atoms with Gasteiger partial charge in [0, 0.05) is 46.3 Å². The fourth-order valence-electron chi connectivity index (χ4n) is 2.28. The van der Waals surface area contributed by atoms with Crippen LogP contribution in [0.4, 0.5) is 0 Å². The number of thiocarbonyl (C=S) groups is 1. The molecule has 5 nitrogen and oxygen atoms in total. The van der Waals surface area contributed by atoms with Crippen LogP contribution in [-0.2, 0) is 11.2 Å². The van der Waals surface area contributed by atoms with E-state index in [0.717, 1.165) is 12.7 Å². The second kappa shape index (κ2) is 11.6. The molecule has 0 aliphatic rings. The number of ether oxygens (including phenoxy) is 1. The van der Waals surface area contributed by atoms with Gasteiger partial charge in [0.1, 0.15) is 18.1 Å². The van der Waals surface area contributed by atoms with Crippen molar-refractivity contribution in [2.75, 3.05) is 13.7 Å². The molecule has 0 fully saturated rings. The van der Waals surface area contributed by atoms with Crippen molar-refractivity contribution in [2.45, 2.75) is 6.42 Å². The molecule has 0 atom stereocenters. The highest BCUT2D eigenvalue weighted by atomic mass is 35.5. The molecule has 2 aromatic rings. The molecular weight excluding hydrogens is 409 g/mol. The molecule has 8 heteroatoms. The van der Waals surface area contributed by atoms with E-state index in [1.165, 1.54) is 11.6 Å². The van der Waals surface area contributed by atoms with Crippen LogP contribution in [0, 0.1) is 0 Å². The largest absolute Gasteiger partial charge is 0.507 e. The molecule has 2 aromatic carbocycles. The lowest BCUT2D eigenvalue weighted by molar-refractivity contribution is -0.109. The predicted octanol–water partition coefficient (Wildman–Crippen LogP) is 3.78. The lowest BCUT2D eigenvalue weighted by atomic mass is 9.99. The minimum absolute atomic E-state index is 0.0703. The Labute approximate surface area is 173 Å². The number of aldehydes is 1. The molecule has 27 heavy (non-hydrogen) atoms. The lowest BCUT2D eigenvalue weighted by Gasteiger charge is -2.12. The minimum atomic E-state index is -0.0703. The Bertz CT molecular complexity index is 817. The van der Waals surface area contributed by atoms with E-state index in [1.807, 2.05) is 0 Å². The number of phenols is 1. The zero-order valence-electron chi connectivity index (χ0n) is 14.5. The summed E-state index contributed by atoms with van der Waals surface area (Å²) in [6, 6.07) is 8.32. The molecule has 0 bridgehead atoms. The fraction of sp³-hybridized carbons (Fsp3) is 0.158. The van der Waals surface area contributed by atoms with Crippen LogP contribution in [0.25, 0.3) is 5.57 Å². The van der Waals surface area contributed by atoms with E-state index in [0.29, 0.717) is 45.2 Å². The van der Waals surface area contributed by atoms with Crippen molar-refractivity contribution in [3.8, 4) is 11.5 Å². The third kappa shape index (κ3) is 6.22. The molecule has 0 unspecified atom stereocenters. The van der Waals surface area contributed by atoms with Crippen LogP contribution in [0.15, 0.2) is 36.5 Å². The number of phenolic OH excluding ortho intramolecular Hbond substituents is 1. The number of aromatic hydroxyl groups is 1. The average Bonchev–Trinajstić information content (AvgIpc) is 2.67. The van der Waals surface area contributed by atoms with Crippen molar-refractivity contribution in [1.29, 1.82) is 0 Å². The van der Waals surface area contributed by atoms with Crippen LogP contribution >= 0.6 is 35.4 Å². The summed E-state index contributed by atoms with van der Waals surface area (Å²) < 4.78 is 5.21. The normalized spacial score (nSPS) is 10.6. The molecule has 0 heterocycles. The van der Waals surface area contributed by atoms with Gasteiger partial charge >= 0.3 is 0 Å². The van der Waals surface area contributed by atoms with E-state index in [-0.39, 0.29) is 12.4 Å².